The van der Waals surface area contributed by atoms with Crippen LogP contribution in [-0.2, 0) is 21.7 Å². The molecule has 300 valence electrons. The van der Waals surface area contributed by atoms with E-state index in [2.05, 4.69) is 224 Å². The Morgan fingerprint density at radius 2 is 1.18 bits per heavy atom. The Morgan fingerprint density at radius 3 is 1.84 bits per heavy atom. The number of rotatable bonds is 3. The second kappa shape index (κ2) is 12.7. The van der Waals surface area contributed by atoms with E-state index in [0.29, 0.717) is 0 Å². The summed E-state index contributed by atoms with van der Waals surface area (Å²) >= 11 is 0. The highest BCUT2D eigenvalue weighted by atomic mass is 15.1. The minimum Gasteiger partial charge on any atom is -0.310 e. The van der Waals surface area contributed by atoms with E-state index in [0.717, 1.165) is 22.6 Å². The van der Waals surface area contributed by atoms with Crippen molar-refractivity contribution in [2.45, 2.75) is 90.9 Å². The molecule has 7 aromatic carbocycles. The largest absolute Gasteiger partial charge is 0.310 e. The fourth-order valence-electron chi connectivity index (χ4n) is 10.9. The van der Waals surface area contributed by atoms with Crippen LogP contribution >= 0.6 is 0 Å². The topological polar surface area (TPSA) is 22.8 Å². The first kappa shape index (κ1) is 37.8. The van der Waals surface area contributed by atoms with Crippen molar-refractivity contribution in [2.24, 2.45) is 0 Å². The summed E-state index contributed by atoms with van der Waals surface area (Å²) in [6.07, 6.45) is 0. The van der Waals surface area contributed by atoms with Crippen molar-refractivity contribution in [3.05, 3.63) is 179 Å². The smallest absolute Gasteiger partial charge is 0.247 e. The maximum atomic E-state index is 5.93. The molecule has 0 saturated carbocycles. The summed E-state index contributed by atoms with van der Waals surface area (Å²) < 4.78 is 5.07. The normalized spacial score (nSPS) is 16.1. The summed E-state index contributed by atoms with van der Waals surface area (Å²) in [5.41, 5.74) is 19.7. The van der Waals surface area contributed by atoms with Gasteiger partial charge in [-0.1, -0.05) is 177 Å². The van der Waals surface area contributed by atoms with Gasteiger partial charge in [0.25, 0.3) is 0 Å². The lowest BCUT2D eigenvalue weighted by atomic mass is 9.29. The van der Waals surface area contributed by atoms with Gasteiger partial charge in [-0.2, -0.15) is 0 Å². The van der Waals surface area contributed by atoms with Gasteiger partial charge in [0.1, 0.15) is 5.82 Å². The van der Waals surface area contributed by atoms with Crippen LogP contribution in [0.25, 0.3) is 55.6 Å². The molecule has 1 atom stereocenters. The van der Waals surface area contributed by atoms with Crippen LogP contribution in [0.15, 0.2) is 146 Å². The quantitative estimate of drug-likeness (QED) is 0.163. The number of benzene rings is 7. The fourth-order valence-corrected chi connectivity index (χ4v) is 10.9. The third-order valence-electron chi connectivity index (χ3n) is 14.1. The van der Waals surface area contributed by atoms with E-state index in [4.69, 9.17) is 4.98 Å². The average Bonchev–Trinajstić information content (AvgIpc) is 3.80. The third kappa shape index (κ3) is 5.33. The van der Waals surface area contributed by atoms with E-state index in [1.165, 1.54) is 82.8 Å². The summed E-state index contributed by atoms with van der Waals surface area (Å²) in [5.74, 6) is 0.964. The zero-order valence-electron chi connectivity index (χ0n) is 37.3. The molecule has 0 aliphatic carbocycles. The van der Waals surface area contributed by atoms with Gasteiger partial charge in [-0.25, -0.2) is 4.98 Å². The molecule has 0 amide bonds. The molecule has 9 aromatic rings. The summed E-state index contributed by atoms with van der Waals surface area (Å²) in [5, 5.41) is 2.67. The second-order valence-electron chi connectivity index (χ2n) is 21.0. The Balaban J connectivity index is 1.38. The van der Waals surface area contributed by atoms with E-state index in [1.54, 1.807) is 0 Å². The second-order valence-corrected chi connectivity index (χ2v) is 21.0. The van der Waals surface area contributed by atoms with Crippen molar-refractivity contribution in [1.29, 1.82) is 0 Å². The molecule has 0 fully saturated rings. The average molecular weight is 792 g/mol. The highest BCUT2D eigenvalue weighted by molar-refractivity contribution is 6.99. The molecule has 2 aliphatic rings. The molecule has 3 nitrogen and oxygen atoms in total. The van der Waals surface area contributed by atoms with Crippen LogP contribution in [0.4, 0.5) is 0 Å². The zero-order valence-corrected chi connectivity index (χ0v) is 37.3. The Morgan fingerprint density at radius 1 is 0.541 bits per heavy atom. The first-order valence-electron chi connectivity index (χ1n) is 22.1. The minimum absolute atomic E-state index is 0.00534. The van der Waals surface area contributed by atoms with Crippen molar-refractivity contribution >= 4 is 55.9 Å². The van der Waals surface area contributed by atoms with Gasteiger partial charge in [-0.05, 0) is 104 Å². The van der Waals surface area contributed by atoms with E-state index in [1.807, 2.05) is 0 Å². The molecule has 0 N–H and O–H groups in total. The van der Waals surface area contributed by atoms with E-state index in [9.17, 15) is 0 Å². The van der Waals surface area contributed by atoms with Gasteiger partial charge in [0.15, 0.2) is 0 Å². The van der Waals surface area contributed by atoms with Gasteiger partial charge >= 0.3 is 0 Å². The van der Waals surface area contributed by atoms with Crippen LogP contribution in [0.3, 0.4) is 0 Å². The number of hydrogen-bond acceptors (Lipinski definition) is 1. The summed E-state index contributed by atoms with van der Waals surface area (Å²) in [4.78, 5) is 5.93. The maximum absolute atomic E-state index is 5.93. The number of nitrogens with zero attached hydrogens (tertiary/aromatic N) is 3. The number of aromatic nitrogens is 3. The summed E-state index contributed by atoms with van der Waals surface area (Å²) in [6, 6.07) is 55.0. The van der Waals surface area contributed by atoms with Crippen LogP contribution in [0.5, 0.6) is 0 Å². The number of hydrogen-bond donors (Lipinski definition) is 0. The van der Waals surface area contributed by atoms with Crippen LogP contribution in [0, 0.1) is 0 Å². The molecule has 2 aliphatic heterocycles. The monoisotopic (exact) mass is 791 g/mol. The van der Waals surface area contributed by atoms with Gasteiger partial charge in [0.2, 0.25) is 6.71 Å². The lowest BCUT2D eigenvalue weighted by Crippen LogP contribution is -2.64. The van der Waals surface area contributed by atoms with Crippen molar-refractivity contribution < 1.29 is 0 Å². The van der Waals surface area contributed by atoms with Gasteiger partial charge in [-0.3, -0.25) is 4.57 Å². The molecule has 61 heavy (non-hydrogen) atoms. The fraction of sp³-hybridized carbons (Fsp3) is 0.246. The van der Waals surface area contributed by atoms with Crippen molar-refractivity contribution in [3.8, 4) is 22.8 Å². The van der Waals surface area contributed by atoms with Crippen LogP contribution in [0.1, 0.15) is 103 Å². The Labute approximate surface area is 361 Å². The number of para-hydroxylation sites is 1. The highest BCUT2D eigenvalue weighted by Gasteiger charge is 2.50. The van der Waals surface area contributed by atoms with E-state index < -0.39 is 5.41 Å². The molecule has 0 spiro atoms. The predicted molar refractivity (Wildman–Crippen MR) is 260 cm³/mol. The molecule has 11 rings (SSSR count). The van der Waals surface area contributed by atoms with Gasteiger partial charge in [0.05, 0.1) is 16.6 Å². The van der Waals surface area contributed by atoms with Crippen molar-refractivity contribution in [2.75, 3.05) is 0 Å². The lowest BCUT2D eigenvalue weighted by Gasteiger charge is -2.45. The predicted octanol–water partition coefficient (Wildman–Crippen LogP) is 12.2. The summed E-state index contributed by atoms with van der Waals surface area (Å²) in [7, 11) is 0. The maximum Gasteiger partial charge on any atom is 0.247 e. The van der Waals surface area contributed by atoms with E-state index in [-0.39, 0.29) is 23.0 Å². The minimum atomic E-state index is -0.530. The molecule has 0 bridgehead atoms. The number of fused-ring (bicyclic) bond motifs is 9. The van der Waals surface area contributed by atoms with Crippen molar-refractivity contribution in [3.63, 3.8) is 0 Å². The van der Waals surface area contributed by atoms with Crippen LogP contribution in [0.2, 0.25) is 0 Å². The highest BCUT2D eigenvalue weighted by Crippen LogP contribution is 2.49. The Hall–Kier alpha value is -6.13. The standard InChI is InChI=1S/C57H54BN3/c1-54(2,3)37-29-30-46-40(31-37)41-32-38(55(4,5)6)33-45-51(41)61(46)47-28-20-27-42-49(47)58(45)44-34-43(56(7,8)9)52-50(48(44)57(42,10)36-23-16-12-17-24-36)59-53(35-21-14-11-15-22-35)60(52)39-25-18-13-19-26-39/h11-34H,1-10H3. The van der Waals surface area contributed by atoms with Gasteiger partial charge in [-0.15, -0.1) is 0 Å². The molecule has 4 heterocycles. The molecule has 4 heteroatoms. The first-order valence-corrected chi connectivity index (χ1v) is 22.1. The van der Waals surface area contributed by atoms with Crippen LogP contribution in [-0.4, -0.2) is 20.8 Å². The van der Waals surface area contributed by atoms with Gasteiger partial charge in [0, 0.05) is 38.6 Å². The Kier molecular flexibility index (Phi) is 7.88. The molecule has 0 saturated heterocycles. The molecule has 2 aromatic heterocycles. The molecule has 0 radical (unpaired) electrons. The SMILES string of the molecule is CC(C)(C)c1ccc2c(c1)c1cc(C(C)(C)C)cc3c1n2-c1cccc2c1B3c1cc(C(C)(C)C)c3c(nc(-c4ccccc4)n3-c3ccccc3)c1C2(C)c1ccccc1. The zero-order chi connectivity index (χ0) is 42.4. The van der Waals surface area contributed by atoms with Crippen LogP contribution < -0.4 is 16.4 Å². The molecular weight excluding hydrogens is 737 g/mol. The molecule has 1 unspecified atom stereocenters. The molecular formula is C57H54BN3. The Bertz CT molecular complexity index is 3240. The summed E-state index contributed by atoms with van der Waals surface area (Å²) in [6.45, 7) is 23.7. The number of imidazole rings is 1. The van der Waals surface area contributed by atoms with Crippen molar-refractivity contribution in [1.82, 2.24) is 14.1 Å². The van der Waals surface area contributed by atoms with E-state index >= 15 is 0 Å². The lowest BCUT2D eigenvalue weighted by molar-refractivity contribution is 0.590. The first-order chi connectivity index (χ1) is 29.1. The third-order valence-corrected chi connectivity index (χ3v) is 14.1. The van der Waals surface area contributed by atoms with Gasteiger partial charge < -0.3 is 4.57 Å².